The Hall–Kier alpha value is -3.16. The summed E-state index contributed by atoms with van der Waals surface area (Å²) < 4.78 is 6.16. The number of carbonyl (C=O) groups excluding carboxylic acids is 2. The van der Waals surface area contributed by atoms with E-state index in [9.17, 15) is 9.59 Å². The molecule has 2 fully saturated rings. The molecule has 5 rings (SSSR count). The van der Waals surface area contributed by atoms with Gasteiger partial charge in [-0.15, -0.1) is 0 Å². The van der Waals surface area contributed by atoms with E-state index in [2.05, 4.69) is 28.8 Å². The summed E-state index contributed by atoms with van der Waals surface area (Å²) in [5.74, 6) is 0.392. The first-order valence-electron chi connectivity index (χ1n) is 10.2. The fourth-order valence-electron chi connectivity index (χ4n) is 3.99. The predicted molar refractivity (Wildman–Crippen MR) is 122 cm³/mol. The molecule has 0 aliphatic carbocycles. The van der Waals surface area contributed by atoms with Crippen molar-refractivity contribution in [3.63, 3.8) is 0 Å². The number of ether oxygens (including phenoxy) is 1. The van der Waals surface area contributed by atoms with Crippen LogP contribution in [-0.4, -0.2) is 29.3 Å². The number of aromatic nitrogens is 1. The molecule has 2 N–H and O–H groups in total. The van der Waals surface area contributed by atoms with Crippen LogP contribution >= 0.6 is 11.8 Å². The Labute approximate surface area is 184 Å². The molecular formula is C24H21N3O3S. The van der Waals surface area contributed by atoms with Gasteiger partial charge in [0.2, 0.25) is 0 Å². The molecule has 0 bridgehead atoms. The maximum Gasteiger partial charge on any atom is 0.290 e. The van der Waals surface area contributed by atoms with Gasteiger partial charge in [-0.2, -0.15) is 0 Å². The zero-order valence-corrected chi connectivity index (χ0v) is 17.6. The van der Waals surface area contributed by atoms with Gasteiger partial charge in [0.15, 0.2) is 0 Å². The van der Waals surface area contributed by atoms with Crippen LogP contribution in [0.15, 0.2) is 65.6 Å². The molecule has 31 heavy (non-hydrogen) atoms. The highest BCUT2D eigenvalue weighted by atomic mass is 32.2. The standard InChI is InChI=1S/C24H21N3O3S/c28-22-20(31-23(29)27-22)14-16-6-9-18(10-7-16)30-15-24(12-3-13-25-24)21-11-8-17-4-1-2-5-19(17)26-21/h1-2,4-11,14,25H,3,12-13,15H2,(H,27,28,29)/t24-/m0/s1. The van der Waals surface area contributed by atoms with Crippen molar-refractivity contribution >= 4 is 39.9 Å². The molecule has 7 heteroatoms. The Morgan fingerprint density at radius 2 is 1.90 bits per heavy atom. The Bertz CT molecular complexity index is 1180. The molecule has 0 unspecified atom stereocenters. The lowest BCUT2D eigenvalue weighted by molar-refractivity contribution is -0.115. The molecule has 2 saturated heterocycles. The summed E-state index contributed by atoms with van der Waals surface area (Å²) >= 11 is 0.913. The number of nitrogens with one attached hydrogen (secondary N) is 2. The molecule has 0 radical (unpaired) electrons. The number of nitrogens with zero attached hydrogens (tertiary/aromatic N) is 1. The van der Waals surface area contributed by atoms with Gasteiger partial charge >= 0.3 is 0 Å². The highest BCUT2D eigenvalue weighted by Gasteiger charge is 2.37. The molecule has 1 atom stereocenters. The van der Waals surface area contributed by atoms with Crippen molar-refractivity contribution < 1.29 is 14.3 Å². The van der Waals surface area contributed by atoms with Gasteiger partial charge in [-0.3, -0.25) is 19.9 Å². The van der Waals surface area contributed by atoms with Crippen LogP contribution in [0.25, 0.3) is 17.0 Å². The van der Waals surface area contributed by atoms with E-state index >= 15 is 0 Å². The minimum Gasteiger partial charge on any atom is -0.491 e. The third-order valence-corrected chi connectivity index (χ3v) is 6.45. The number of fused-ring (bicyclic) bond motifs is 1. The summed E-state index contributed by atoms with van der Waals surface area (Å²) in [7, 11) is 0. The van der Waals surface area contributed by atoms with E-state index in [1.165, 1.54) is 0 Å². The number of amides is 2. The fourth-order valence-corrected chi connectivity index (χ4v) is 4.68. The molecular weight excluding hydrogens is 410 g/mol. The van der Waals surface area contributed by atoms with Crippen LogP contribution < -0.4 is 15.4 Å². The van der Waals surface area contributed by atoms with E-state index in [1.54, 1.807) is 6.08 Å². The van der Waals surface area contributed by atoms with Gasteiger partial charge in [0.05, 0.1) is 21.7 Å². The van der Waals surface area contributed by atoms with Crippen LogP contribution in [0.2, 0.25) is 0 Å². The number of hydrogen-bond acceptors (Lipinski definition) is 6. The minimum absolute atomic E-state index is 0.316. The lowest BCUT2D eigenvalue weighted by Crippen LogP contribution is -2.43. The lowest BCUT2D eigenvalue weighted by Gasteiger charge is -2.29. The molecule has 1 aromatic heterocycles. The average molecular weight is 432 g/mol. The summed E-state index contributed by atoms with van der Waals surface area (Å²) in [6.45, 7) is 1.41. The summed E-state index contributed by atoms with van der Waals surface area (Å²) in [4.78, 5) is 28.3. The quantitative estimate of drug-likeness (QED) is 0.589. The second kappa shape index (κ2) is 8.17. The van der Waals surface area contributed by atoms with Crippen molar-refractivity contribution in [2.24, 2.45) is 0 Å². The van der Waals surface area contributed by atoms with E-state index in [1.807, 2.05) is 42.5 Å². The first-order chi connectivity index (χ1) is 15.1. The van der Waals surface area contributed by atoms with Crippen LogP contribution in [-0.2, 0) is 10.3 Å². The van der Waals surface area contributed by atoms with Gasteiger partial charge in [-0.25, -0.2) is 0 Å². The Kier molecular flexibility index (Phi) is 5.21. The Balaban J connectivity index is 1.33. The lowest BCUT2D eigenvalue weighted by atomic mass is 9.93. The number of hydrogen-bond donors (Lipinski definition) is 2. The van der Waals surface area contributed by atoms with E-state index in [4.69, 9.17) is 9.72 Å². The molecule has 2 aliphatic rings. The average Bonchev–Trinajstić information content (AvgIpc) is 3.40. The van der Waals surface area contributed by atoms with Crippen molar-refractivity contribution in [3.8, 4) is 5.75 Å². The first-order valence-corrected chi connectivity index (χ1v) is 11.0. The van der Waals surface area contributed by atoms with Crippen LogP contribution in [0, 0.1) is 0 Å². The number of benzene rings is 2. The van der Waals surface area contributed by atoms with E-state index in [0.29, 0.717) is 11.5 Å². The Morgan fingerprint density at radius 1 is 1.06 bits per heavy atom. The van der Waals surface area contributed by atoms with Gasteiger partial charge in [0.1, 0.15) is 12.4 Å². The smallest absolute Gasteiger partial charge is 0.290 e. The second-order valence-corrected chi connectivity index (χ2v) is 8.73. The van der Waals surface area contributed by atoms with E-state index in [0.717, 1.165) is 59.1 Å². The number of pyridine rings is 1. The highest BCUT2D eigenvalue weighted by molar-refractivity contribution is 8.18. The van der Waals surface area contributed by atoms with Gasteiger partial charge < -0.3 is 10.1 Å². The molecule has 156 valence electrons. The molecule has 2 aliphatic heterocycles. The molecule has 6 nitrogen and oxygen atoms in total. The van der Waals surface area contributed by atoms with Gasteiger partial charge in [-0.05, 0) is 67.1 Å². The van der Waals surface area contributed by atoms with E-state index < -0.39 is 0 Å². The minimum atomic E-state index is -0.354. The van der Waals surface area contributed by atoms with Gasteiger partial charge in [-0.1, -0.05) is 36.4 Å². The van der Waals surface area contributed by atoms with Crippen molar-refractivity contribution in [1.29, 1.82) is 0 Å². The number of carbonyl (C=O) groups is 2. The second-order valence-electron chi connectivity index (χ2n) is 7.71. The summed E-state index contributed by atoms with van der Waals surface area (Å²) in [5, 5.41) is 6.66. The SMILES string of the molecule is O=C1NC(=O)C(=Cc2ccc(OC[C@]3(c4ccc5ccccc5n4)CCCN3)cc2)S1. The number of rotatable bonds is 5. The number of imide groups is 1. The zero-order valence-electron chi connectivity index (χ0n) is 16.8. The molecule has 2 aromatic carbocycles. The Morgan fingerprint density at radius 3 is 2.65 bits per heavy atom. The normalized spacial score (nSPS) is 22.3. The molecule has 0 spiro atoms. The third-order valence-electron chi connectivity index (χ3n) is 5.64. The number of para-hydroxylation sites is 1. The third kappa shape index (κ3) is 4.06. The van der Waals surface area contributed by atoms with Crippen LogP contribution in [0.1, 0.15) is 24.1 Å². The maximum absolute atomic E-state index is 11.7. The van der Waals surface area contributed by atoms with Crippen molar-refractivity contribution in [1.82, 2.24) is 15.6 Å². The summed E-state index contributed by atoms with van der Waals surface area (Å²) in [6.07, 6.45) is 3.74. The summed E-state index contributed by atoms with van der Waals surface area (Å²) in [6, 6.07) is 19.8. The van der Waals surface area contributed by atoms with Gasteiger partial charge in [0.25, 0.3) is 11.1 Å². The maximum atomic E-state index is 11.7. The first kappa shape index (κ1) is 19.8. The van der Waals surface area contributed by atoms with Crippen LogP contribution in [0.4, 0.5) is 4.79 Å². The van der Waals surface area contributed by atoms with Crippen LogP contribution in [0.5, 0.6) is 5.75 Å². The van der Waals surface area contributed by atoms with Crippen LogP contribution in [0.3, 0.4) is 0 Å². The number of thioether (sulfide) groups is 1. The molecule has 3 aromatic rings. The van der Waals surface area contributed by atoms with Gasteiger partial charge in [0, 0.05) is 5.39 Å². The fraction of sp³-hybridized carbons (Fsp3) is 0.208. The predicted octanol–water partition coefficient (Wildman–Crippen LogP) is 4.22. The summed E-state index contributed by atoms with van der Waals surface area (Å²) in [5.41, 5.74) is 2.50. The van der Waals surface area contributed by atoms with Crippen molar-refractivity contribution in [2.75, 3.05) is 13.2 Å². The van der Waals surface area contributed by atoms with Crippen molar-refractivity contribution in [2.45, 2.75) is 18.4 Å². The topological polar surface area (TPSA) is 80.3 Å². The molecule has 0 saturated carbocycles. The highest BCUT2D eigenvalue weighted by Crippen LogP contribution is 2.32. The monoisotopic (exact) mass is 431 g/mol. The zero-order chi connectivity index (χ0) is 21.3. The van der Waals surface area contributed by atoms with Crippen molar-refractivity contribution in [3.05, 3.63) is 76.8 Å². The molecule has 2 amide bonds. The molecule has 3 heterocycles. The largest absolute Gasteiger partial charge is 0.491 e. The van der Waals surface area contributed by atoms with E-state index in [-0.39, 0.29) is 16.7 Å².